The topological polar surface area (TPSA) is 119 Å². The summed E-state index contributed by atoms with van der Waals surface area (Å²) < 4.78 is 26.2. The van der Waals surface area contributed by atoms with Crippen LogP contribution in [0.5, 0.6) is 0 Å². The van der Waals surface area contributed by atoms with Crippen molar-refractivity contribution < 1.29 is 37.9 Å². The van der Waals surface area contributed by atoms with Gasteiger partial charge in [-0.25, -0.2) is 4.57 Å². The van der Waals surface area contributed by atoms with E-state index in [9.17, 15) is 14.2 Å². The van der Waals surface area contributed by atoms with Gasteiger partial charge in [0.1, 0.15) is 6.61 Å². The molecule has 0 heterocycles. The van der Waals surface area contributed by atoms with Gasteiger partial charge in [-0.2, -0.15) is 0 Å². The van der Waals surface area contributed by atoms with Crippen molar-refractivity contribution in [2.45, 2.75) is 180 Å². The molecule has 0 saturated heterocycles. The minimum Gasteiger partial charge on any atom is -0.462 e. The zero-order chi connectivity index (χ0) is 33.3. The van der Waals surface area contributed by atoms with Gasteiger partial charge in [-0.1, -0.05) is 141 Å². The van der Waals surface area contributed by atoms with Crippen molar-refractivity contribution in [3.05, 3.63) is 24.3 Å². The molecule has 9 heteroatoms. The van der Waals surface area contributed by atoms with E-state index in [1.165, 1.54) is 89.9 Å². The van der Waals surface area contributed by atoms with Crippen molar-refractivity contribution in [1.29, 1.82) is 0 Å². The SMILES string of the molecule is CCCCC/C=C\C/C=C\CCCCCCCCCCCC(=O)OC(COC(=O)CCCCCCCCCC)COP(=O)(O)O. The lowest BCUT2D eigenvalue weighted by molar-refractivity contribution is -0.161. The smallest absolute Gasteiger partial charge is 0.462 e. The van der Waals surface area contributed by atoms with Gasteiger partial charge >= 0.3 is 19.8 Å². The van der Waals surface area contributed by atoms with Gasteiger partial charge in [0.2, 0.25) is 0 Å². The number of phosphoric ester groups is 1. The summed E-state index contributed by atoms with van der Waals surface area (Å²) in [4.78, 5) is 42.5. The zero-order valence-electron chi connectivity index (χ0n) is 28.8. The fraction of sp³-hybridized carbons (Fsp3) is 0.833. The molecule has 0 aromatic carbocycles. The maximum Gasteiger partial charge on any atom is 0.469 e. The number of carbonyl (C=O) groups is 2. The van der Waals surface area contributed by atoms with E-state index in [2.05, 4.69) is 42.7 Å². The molecule has 0 aliphatic heterocycles. The summed E-state index contributed by atoms with van der Waals surface area (Å²) >= 11 is 0. The predicted octanol–water partition coefficient (Wildman–Crippen LogP) is 10.5. The first-order chi connectivity index (χ1) is 21.8. The first kappa shape index (κ1) is 43.5. The molecule has 0 bridgehead atoms. The van der Waals surface area contributed by atoms with Gasteiger partial charge in [-0.15, -0.1) is 0 Å². The Morgan fingerprint density at radius 1 is 0.578 bits per heavy atom. The molecule has 0 amide bonds. The standard InChI is InChI=1S/C36H67O8P/c1-3-5-7-9-11-13-14-15-16-17-18-19-20-21-22-23-25-27-29-31-36(38)44-34(33-43-45(39,40)41)32-42-35(37)30-28-26-24-12-10-8-6-4-2/h11,13,15-16,34H,3-10,12,14,17-33H2,1-2H3,(H2,39,40,41)/b13-11-,16-15-. The second-order valence-electron chi connectivity index (χ2n) is 12.2. The van der Waals surface area contributed by atoms with Crippen LogP contribution in [0.15, 0.2) is 24.3 Å². The highest BCUT2D eigenvalue weighted by molar-refractivity contribution is 7.46. The Morgan fingerprint density at radius 3 is 1.51 bits per heavy atom. The number of unbranched alkanes of at least 4 members (excludes halogenated alkanes) is 19. The number of ether oxygens (including phenoxy) is 2. The molecule has 264 valence electrons. The fourth-order valence-electron chi connectivity index (χ4n) is 4.99. The first-order valence-corrected chi connectivity index (χ1v) is 19.7. The molecule has 1 unspecified atom stereocenters. The van der Waals surface area contributed by atoms with Crippen LogP contribution in [0, 0.1) is 0 Å². The minimum absolute atomic E-state index is 0.209. The van der Waals surface area contributed by atoms with Gasteiger partial charge in [-0.05, 0) is 44.9 Å². The van der Waals surface area contributed by atoms with Crippen LogP contribution in [0.3, 0.4) is 0 Å². The highest BCUT2D eigenvalue weighted by Crippen LogP contribution is 2.36. The molecule has 0 spiro atoms. The van der Waals surface area contributed by atoms with E-state index in [0.717, 1.165) is 51.4 Å². The molecule has 0 saturated carbocycles. The lowest BCUT2D eigenvalue weighted by Gasteiger charge is -2.18. The zero-order valence-corrected chi connectivity index (χ0v) is 29.7. The molecule has 0 radical (unpaired) electrons. The molecule has 0 aromatic heterocycles. The summed E-state index contributed by atoms with van der Waals surface area (Å²) in [5, 5.41) is 0. The number of allylic oxidation sites excluding steroid dienone is 4. The van der Waals surface area contributed by atoms with Gasteiger partial charge in [0, 0.05) is 12.8 Å². The number of carbonyl (C=O) groups excluding carboxylic acids is 2. The number of hydrogen-bond donors (Lipinski definition) is 2. The van der Waals surface area contributed by atoms with E-state index >= 15 is 0 Å². The number of hydrogen-bond acceptors (Lipinski definition) is 6. The maximum absolute atomic E-state index is 12.3. The third-order valence-electron chi connectivity index (χ3n) is 7.72. The van der Waals surface area contributed by atoms with Crippen molar-refractivity contribution in [3.63, 3.8) is 0 Å². The Labute approximate surface area is 275 Å². The lowest BCUT2D eigenvalue weighted by Crippen LogP contribution is -2.29. The molecule has 8 nitrogen and oxygen atoms in total. The molecule has 0 aliphatic rings. The van der Waals surface area contributed by atoms with E-state index in [0.29, 0.717) is 6.42 Å². The molecule has 0 aromatic rings. The number of esters is 2. The van der Waals surface area contributed by atoms with Gasteiger partial charge < -0.3 is 19.3 Å². The Morgan fingerprint density at radius 2 is 1.00 bits per heavy atom. The van der Waals surface area contributed by atoms with E-state index in [1.807, 2.05) is 0 Å². The quantitative estimate of drug-likeness (QED) is 0.0309. The minimum atomic E-state index is -4.74. The molecule has 45 heavy (non-hydrogen) atoms. The second-order valence-corrected chi connectivity index (χ2v) is 13.4. The van der Waals surface area contributed by atoms with Crippen molar-refractivity contribution in [2.75, 3.05) is 13.2 Å². The van der Waals surface area contributed by atoms with Crippen molar-refractivity contribution >= 4 is 19.8 Å². The molecule has 1 atom stereocenters. The van der Waals surface area contributed by atoms with Crippen LogP contribution in [0.2, 0.25) is 0 Å². The Kier molecular flexibility index (Phi) is 31.4. The van der Waals surface area contributed by atoms with Crippen LogP contribution in [0.4, 0.5) is 0 Å². The average molecular weight is 659 g/mol. The fourth-order valence-corrected chi connectivity index (χ4v) is 5.35. The third kappa shape index (κ3) is 35.2. The van der Waals surface area contributed by atoms with E-state index < -0.39 is 32.5 Å². The molecular formula is C36H67O8P. The molecule has 0 fully saturated rings. The van der Waals surface area contributed by atoms with Crippen LogP contribution in [-0.2, 0) is 28.2 Å². The molecule has 2 N–H and O–H groups in total. The Bertz CT molecular complexity index is 792. The highest BCUT2D eigenvalue weighted by Gasteiger charge is 2.22. The predicted molar refractivity (Wildman–Crippen MR) is 184 cm³/mol. The number of rotatable bonds is 33. The summed E-state index contributed by atoms with van der Waals surface area (Å²) in [6.45, 7) is 3.61. The molecule has 0 rings (SSSR count). The number of phosphoric acid groups is 1. The van der Waals surface area contributed by atoms with Crippen molar-refractivity contribution in [1.82, 2.24) is 0 Å². The lowest BCUT2D eigenvalue weighted by atomic mass is 10.1. The van der Waals surface area contributed by atoms with Crippen LogP contribution >= 0.6 is 7.82 Å². The average Bonchev–Trinajstić information content (AvgIpc) is 3.00. The third-order valence-corrected chi connectivity index (χ3v) is 8.21. The Balaban J connectivity index is 3.91. The van der Waals surface area contributed by atoms with E-state index in [-0.39, 0.29) is 19.4 Å². The van der Waals surface area contributed by atoms with Crippen molar-refractivity contribution in [2.24, 2.45) is 0 Å². The second kappa shape index (κ2) is 32.5. The van der Waals surface area contributed by atoms with E-state index in [1.54, 1.807) is 0 Å². The summed E-state index contributed by atoms with van der Waals surface area (Å²) in [5.41, 5.74) is 0. The van der Waals surface area contributed by atoms with Gasteiger partial charge in [-0.3, -0.25) is 14.1 Å². The van der Waals surface area contributed by atoms with Crippen LogP contribution < -0.4 is 0 Å². The largest absolute Gasteiger partial charge is 0.469 e. The van der Waals surface area contributed by atoms with Gasteiger partial charge in [0.15, 0.2) is 6.10 Å². The monoisotopic (exact) mass is 658 g/mol. The maximum atomic E-state index is 12.3. The Hall–Kier alpha value is -1.47. The van der Waals surface area contributed by atoms with Gasteiger partial charge in [0.25, 0.3) is 0 Å². The van der Waals surface area contributed by atoms with E-state index in [4.69, 9.17) is 19.3 Å². The van der Waals surface area contributed by atoms with Crippen LogP contribution in [0.1, 0.15) is 174 Å². The molecule has 0 aliphatic carbocycles. The van der Waals surface area contributed by atoms with Crippen molar-refractivity contribution in [3.8, 4) is 0 Å². The summed E-state index contributed by atoms with van der Waals surface area (Å²) in [6.07, 6.45) is 34.8. The van der Waals surface area contributed by atoms with Crippen LogP contribution in [0.25, 0.3) is 0 Å². The normalized spacial score (nSPS) is 12.7. The van der Waals surface area contributed by atoms with Crippen LogP contribution in [-0.4, -0.2) is 41.0 Å². The summed E-state index contributed by atoms with van der Waals surface area (Å²) in [6, 6.07) is 0. The highest BCUT2D eigenvalue weighted by atomic mass is 31.2. The summed E-state index contributed by atoms with van der Waals surface area (Å²) in [5.74, 6) is -0.892. The summed E-state index contributed by atoms with van der Waals surface area (Å²) in [7, 11) is -4.74. The van der Waals surface area contributed by atoms with Gasteiger partial charge in [0.05, 0.1) is 6.61 Å². The molecular weight excluding hydrogens is 591 g/mol. The first-order valence-electron chi connectivity index (χ1n) is 18.1.